The Morgan fingerprint density at radius 1 is 1.16 bits per heavy atom. The second-order valence-corrected chi connectivity index (χ2v) is 5.80. The number of aliphatic imine (C=N–C) groups is 1. The molecule has 25 heavy (non-hydrogen) atoms. The second-order valence-electron chi connectivity index (χ2n) is 5.80. The van der Waals surface area contributed by atoms with E-state index in [1.54, 1.807) is 0 Å². The van der Waals surface area contributed by atoms with E-state index in [2.05, 4.69) is 17.2 Å². The van der Waals surface area contributed by atoms with Gasteiger partial charge in [0.25, 0.3) is 0 Å². The molecule has 0 aromatic heterocycles. The number of nitrogens with one attached hydrogen (secondary N) is 1. The van der Waals surface area contributed by atoms with Gasteiger partial charge in [-0.3, -0.25) is 4.99 Å². The molecule has 0 aliphatic heterocycles. The minimum absolute atomic E-state index is 0. The summed E-state index contributed by atoms with van der Waals surface area (Å²) in [7, 11) is 0. The van der Waals surface area contributed by atoms with Crippen molar-refractivity contribution in [3.05, 3.63) is 65.2 Å². The van der Waals surface area contributed by atoms with E-state index >= 15 is 0 Å². The van der Waals surface area contributed by atoms with Gasteiger partial charge in [0.15, 0.2) is 5.96 Å². The van der Waals surface area contributed by atoms with Crippen molar-refractivity contribution >= 4 is 35.6 Å². The number of aryl methyl sites for hydroxylation is 2. The number of aliphatic hydroxyl groups is 1. The number of anilines is 1. The number of nitrogens with two attached hydrogens (primary N) is 1. The Labute approximate surface area is 166 Å². The summed E-state index contributed by atoms with van der Waals surface area (Å²) in [5, 5.41) is 12.9. The number of nitrogens with zero attached hydrogens (tertiary/aromatic N) is 1. The van der Waals surface area contributed by atoms with Gasteiger partial charge in [0.1, 0.15) is 0 Å². The van der Waals surface area contributed by atoms with Crippen LogP contribution in [0.4, 0.5) is 5.69 Å². The lowest BCUT2D eigenvalue weighted by Gasteiger charge is -2.11. The van der Waals surface area contributed by atoms with Crippen LogP contribution in [0.25, 0.3) is 0 Å². The molecule has 6 heteroatoms. The van der Waals surface area contributed by atoms with Crippen molar-refractivity contribution in [2.75, 3.05) is 18.5 Å². The molecule has 2 aromatic carbocycles. The Hall–Kier alpha value is -1.64. The molecule has 0 saturated carbocycles. The summed E-state index contributed by atoms with van der Waals surface area (Å²) in [5.41, 5.74) is 10.2. The number of hydrogen-bond acceptors (Lipinski definition) is 3. The third-order valence-corrected chi connectivity index (χ3v) is 3.67. The van der Waals surface area contributed by atoms with E-state index in [9.17, 15) is 5.11 Å². The van der Waals surface area contributed by atoms with Crippen molar-refractivity contribution in [3.63, 3.8) is 0 Å². The van der Waals surface area contributed by atoms with E-state index in [1.807, 2.05) is 55.5 Å². The van der Waals surface area contributed by atoms with E-state index in [0.717, 1.165) is 11.3 Å². The predicted octanol–water partition coefficient (Wildman–Crippen LogP) is 3.23. The molecule has 1 atom stereocenters. The van der Waals surface area contributed by atoms with E-state index in [4.69, 9.17) is 10.5 Å². The van der Waals surface area contributed by atoms with Crippen LogP contribution in [-0.2, 0) is 11.3 Å². The third-order valence-electron chi connectivity index (χ3n) is 3.67. The van der Waals surface area contributed by atoms with Crippen molar-refractivity contribution in [1.82, 2.24) is 0 Å². The second kappa shape index (κ2) is 11.1. The smallest absolute Gasteiger partial charge is 0.193 e. The van der Waals surface area contributed by atoms with Crippen LogP contribution in [0.1, 0.15) is 16.7 Å². The number of ether oxygens (including phenoxy) is 1. The molecule has 4 N–H and O–H groups in total. The molecule has 5 nitrogen and oxygen atoms in total. The molecule has 0 radical (unpaired) electrons. The fourth-order valence-electron chi connectivity index (χ4n) is 2.15. The molecule has 0 fully saturated rings. The topological polar surface area (TPSA) is 79.9 Å². The maximum Gasteiger partial charge on any atom is 0.193 e. The first-order valence-electron chi connectivity index (χ1n) is 7.98. The van der Waals surface area contributed by atoms with E-state index in [0.29, 0.717) is 6.61 Å². The maximum atomic E-state index is 9.91. The molecule has 136 valence electrons. The van der Waals surface area contributed by atoms with Crippen molar-refractivity contribution in [1.29, 1.82) is 0 Å². The maximum absolute atomic E-state index is 9.91. The van der Waals surface area contributed by atoms with Crippen LogP contribution in [0, 0.1) is 13.8 Å². The van der Waals surface area contributed by atoms with Crippen molar-refractivity contribution in [2.45, 2.75) is 26.6 Å². The third kappa shape index (κ3) is 7.85. The van der Waals surface area contributed by atoms with Gasteiger partial charge in [-0.2, -0.15) is 0 Å². The Kier molecular flexibility index (Phi) is 9.48. The summed E-state index contributed by atoms with van der Waals surface area (Å²) in [5.74, 6) is 0.278. The summed E-state index contributed by atoms with van der Waals surface area (Å²) in [6, 6.07) is 15.8. The Morgan fingerprint density at radius 3 is 2.56 bits per heavy atom. The quantitative estimate of drug-likeness (QED) is 0.340. The molecule has 2 aromatic rings. The van der Waals surface area contributed by atoms with Crippen LogP contribution in [-0.4, -0.2) is 30.3 Å². The van der Waals surface area contributed by atoms with Gasteiger partial charge in [0, 0.05) is 5.69 Å². The molecule has 0 amide bonds. The van der Waals surface area contributed by atoms with Gasteiger partial charge in [-0.15, -0.1) is 24.0 Å². The zero-order chi connectivity index (χ0) is 17.4. The van der Waals surface area contributed by atoms with E-state index < -0.39 is 6.10 Å². The lowest BCUT2D eigenvalue weighted by molar-refractivity contribution is 0.0331. The number of aliphatic hydroxyl groups excluding tert-OH is 1. The first-order valence-corrected chi connectivity index (χ1v) is 7.98. The fourth-order valence-corrected chi connectivity index (χ4v) is 2.15. The normalized spacial score (nSPS) is 12.4. The highest BCUT2D eigenvalue weighted by Crippen LogP contribution is 2.13. The first-order chi connectivity index (χ1) is 11.5. The average Bonchev–Trinajstić information content (AvgIpc) is 2.57. The van der Waals surface area contributed by atoms with Gasteiger partial charge in [-0.1, -0.05) is 36.4 Å². The molecule has 0 aliphatic rings. The molecule has 0 heterocycles. The lowest BCUT2D eigenvalue weighted by atomic mass is 10.1. The summed E-state index contributed by atoms with van der Waals surface area (Å²) >= 11 is 0. The zero-order valence-electron chi connectivity index (χ0n) is 14.6. The fraction of sp³-hybridized carbons (Fsp3) is 0.316. The van der Waals surface area contributed by atoms with Crippen molar-refractivity contribution in [3.8, 4) is 0 Å². The summed E-state index contributed by atoms with van der Waals surface area (Å²) < 4.78 is 5.48. The standard InChI is InChI=1S/C19H25N3O2.HI/c1-14-8-9-17(10-15(14)2)22-19(20)21-11-18(23)13-24-12-16-6-4-3-5-7-16;/h3-10,18,23H,11-13H2,1-2H3,(H3,20,21,22);1H. The van der Waals surface area contributed by atoms with Gasteiger partial charge in [0.2, 0.25) is 0 Å². The first kappa shape index (κ1) is 21.4. The molecule has 0 aliphatic carbocycles. The Morgan fingerprint density at radius 2 is 1.88 bits per heavy atom. The molecule has 2 rings (SSSR count). The SMILES string of the molecule is Cc1ccc(NC(N)=NCC(O)COCc2ccccc2)cc1C.I. The Balaban J connectivity index is 0.00000312. The van der Waals surface area contributed by atoms with Crippen molar-refractivity contribution in [2.24, 2.45) is 10.7 Å². The summed E-state index contributed by atoms with van der Waals surface area (Å²) in [6.07, 6.45) is -0.686. The number of guanidine groups is 1. The number of benzene rings is 2. The van der Waals surface area contributed by atoms with Gasteiger partial charge in [-0.25, -0.2) is 0 Å². The summed E-state index contributed by atoms with van der Waals surface area (Å²) in [4.78, 5) is 4.15. The van der Waals surface area contributed by atoms with Gasteiger partial charge >= 0.3 is 0 Å². The average molecular weight is 455 g/mol. The zero-order valence-corrected chi connectivity index (χ0v) is 16.9. The van der Waals surface area contributed by atoms with E-state index in [1.165, 1.54) is 11.1 Å². The van der Waals surface area contributed by atoms with Crippen LogP contribution in [0.15, 0.2) is 53.5 Å². The monoisotopic (exact) mass is 455 g/mol. The molecule has 0 spiro atoms. The van der Waals surface area contributed by atoms with Crippen LogP contribution in [0.2, 0.25) is 0 Å². The minimum Gasteiger partial charge on any atom is -0.389 e. The highest BCUT2D eigenvalue weighted by molar-refractivity contribution is 14.0. The van der Waals surface area contributed by atoms with Crippen molar-refractivity contribution < 1.29 is 9.84 Å². The number of hydrogen-bond donors (Lipinski definition) is 3. The highest BCUT2D eigenvalue weighted by Gasteiger charge is 2.04. The lowest BCUT2D eigenvalue weighted by Crippen LogP contribution is -2.26. The predicted molar refractivity (Wildman–Crippen MR) is 114 cm³/mol. The number of halogens is 1. The van der Waals surface area contributed by atoms with Gasteiger partial charge in [0.05, 0.1) is 25.9 Å². The van der Waals surface area contributed by atoms with Crippen LogP contribution < -0.4 is 11.1 Å². The molecule has 0 saturated heterocycles. The molecular weight excluding hydrogens is 429 g/mol. The van der Waals surface area contributed by atoms with Gasteiger partial charge < -0.3 is 20.9 Å². The van der Waals surface area contributed by atoms with Crippen LogP contribution in [0.5, 0.6) is 0 Å². The van der Waals surface area contributed by atoms with E-state index in [-0.39, 0.29) is 43.1 Å². The number of rotatable bonds is 7. The minimum atomic E-state index is -0.686. The molecule has 1 unspecified atom stereocenters. The highest BCUT2D eigenvalue weighted by atomic mass is 127. The van der Waals surface area contributed by atoms with Crippen LogP contribution in [0.3, 0.4) is 0 Å². The summed E-state index contributed by atoms with van der Waals surface area (Å²) in [6.45, 7) is 4.98. The largest absolute Gasteiger partial charge is 0.389 e. The Bertz CT molecular complexity index is 678. The molecule has 0 bridgehead atoms. The van der Waals surface area contributed by atoms with Crippen LogP contribution >= 0.6 is 24.0 Å². The molecular formula is C19H26IN3O2. The van der Waals surface area contributed by atoms with Gasteiger partial charge in [-0.05, 0) is 42.7 Å².